The molecule has 0 aliphatic carbocycles. The third kappa shape index (κ3) is 1.72. The molecule has 1 nitrogen and oxygen atoms in total. The first-order chi connectivity index (χ1) is 5.41. The highest BCUT2D eigenvalue weighted by molar-refractivity contribution is 6.73. The quantitative estimate of drug-likeness (QED) is 0.644. The van der Waals surface area contributed by atoms with E-state index in [9.17, 15) is 12.9 Å². The highest BCUT2D eigenvalue weighted by Gasteiger charge is 2.25. The summed E-state index contributed by atoms with van der Waals surface area (Å²) in [7, 11) is 0. The van der Waals surface area contributed by atoms with Crippen LogP contribution in [0.5, 0.6) is 5.75 Å². The molecule has 1 aromatic carbocycles. The molecule has 0 aromatic heterocycles. The lowest BCUT2D eigenvalue weighted by molar-refractivity contribution is 0.468. The predicted molar refractivity (Wildman–Crippen MR) is 41.6 cm³/mol. The Morgan fingerprint density at radius 3 is 2.25 bits per heavy atom. The third-order valence-corrected chi connectivity index (χ3v) is 1.61. The van der Waals surface area contributed by atoms with E-state index in [1.54, 1.807) is 6.92 Å². The zero-order valence-corrected chi connectivity index (χ0v) is 6.39. The molecule has 0 atom stereocenters. The number of phenolic OH excluding ortho intramolecular Hbond substituents is 1. The maximum atomic E-state index is 12.1. The number of phenols is 1. The summed E-state index contributed by atoms with van der Waals surface area (Å²) in [5, 5.41) is 8.97. The van der Waals surface area contributed by atoms with E-state index in [1.807, 2.05) is 0 Å². The molecule has 12 heavy (non-hydrogen) atoms. The summed E-state index contributed by atoms with van der Waals surface area (Å²) in [4.78, 5) is 0. The van der Waals surface area contributed by atoms with Crippen LogP contribution in [-0.4, -0.2) is 12.1 Å². The molecule has 0 unspecified atom stereocenters. The van der Waals surface area contributed by atoms with Gasteiger partial charge in [0, 0.05) is 0 Å². The van der Waals surface area contributed by atoms with Gasteiger partial charge in [-0.15, -0.1) is 5.46 Å². The Bertz CT molecular complexity index is 295. The molecular weight excluding hydrogens is 168 g/mol. The fourth-order valence-corrected chi connectivity index (χ4v) is 0.830. The van der Waals surface area contributed by atoms with Gasteiger partial charge in [0.2, 0.25) is 0 Å². The minimum Gasteiger partial charge on any atom is -0.508 e. The molecule has 0 bridgehead atoms. The van der Waals surface area contributed by atoms with Crippen LogP contribution in [0.3, 0.4) is 0 Å². The molecule has 1 N–H and O–H groups in total. The van der Waals surface area contributed by atoms with Crippen molar-refractivity contribution < 1.29 is 18.1 Å². The minimum absolute atomic E-state index is 0.313. The summed E-state index contributed by atoms with van der Waals surface area (Å²) in [5.41, 5.74) is -0.322. The van der Waals surface area contributed by atoms with E-state index < -0.39 is 12.4 Å². The molecule has 0 saturated carbocycles. The highest BCUT2D eigenvalue weighted by Crippen LogP contribution is 2.16. The molecule has 0 saturated heterocycles. The zero-order valence-electron chi connectivity index (χ0n) is 6.39. The second-order valence-electron chi connectivity index (χ2n) is 2.62. The van der Waals surface area contributed by atoms with Crippen LogP contribution in [0.1, 0.15) is 5.56 Å². The average Bonchev–Trinajstić information content (AvgIpc) is 1.92. The monoisotopic (exact) mass is 175 g/mol. The smallest absolute Gasteiger partial charge is 0.508 e. The number of aromatic hydroxyl groups is 1. The van der Waals surface area contributed by atoms with Crippen LogP contribution in [0.15, 0.2) is 18.2 Å². The van der Waals surface area contributed by atoms with Crippen molar-refractivity contribution in [2.45, 2.75) is 6.92 Å². The molecule has 0 fully saturated rings. The van der Waals surface area contributed by atoms with Crippen LogP contribution in [0.4, 0.5) is 12.9 Å². The van der Waals surface area contributed by atoms with Gasteiger partial charge in [0.05, 0.1) is 0 Å². The summed E-state index contributed by atoms with van der Waals surface area (Å²) in [5.74, 6) is -0.313. The lowest BCUT2D eigenvalue weighted by Gasteiger charge is -2.15. The number of hydrogen-bond donors (Lipinski definition) is 1. The molecule has 0 aliphatic heterocycles. The first kappa shape index (κ1) is 8.97. The van der Waals surface area contributed by atoms with Gasteiger partial charge in [-0.3, -0.25) is 0 Å². The second-order valence-corrected chi connectivity index (χ2v) is 2.62. The Morgan fingerprint density at radius 2 is 1.83 bits per heavy atom. The molecule has 0 spiro atoms. The van der Waals surface area contributed by atoms with Crippen molar-refractivity contribution in [3.05, 3.63) is 23.8 Å². The summed E-state index contributed by atoms with van der Waals surface area (Å²) in [6.07, 6.45) is 0. The number of aryl methyl sites for hydroxylation is 1. The van der Waals surface area contributed by atoms with Gasteiger partial charge in [0.15, 0.2) is 0 Å². The number of benzene rings is 1. The van der Waals surface area contributed by atoms with Crippen molar-refractivity contribution in [2.75, 3.05) is 0 Å². The van der Waals surface area contributed by atoms with E-state index in [4.69, 9.17) is 5.11 Å². The average molecular weight is 175 g/mol. The molecular formula is C7H7BF3O-. The number of rotatable bonds is 1. The van der Waals surface area contributed by atoms with Gasteiger partial charge in [-0.05, 0) is 18.6 Å². The van der Waals surface area contributed by atoms with Gasteiger partial charge in [0.1, 0.15) is 5.75 Å². The lowest BCUT2D eigenvalue weighted by Crippen LogP contribution is -2.33. The summed E-state index contributed by atoms with van der Waals surface area (Å²) in [6.45, 7) is -3.45. The van der Waals surface area contributed by atoms with Crippen LogP contribution >= 0.6 is 0 Å². The normalized spacial score (nSPS) is 11.7. The maximum absolute atomic E-state index is 12.1. The topological polar surface area (TPSA) is 20.2 Å². The maximum Gasteiger partial charge on any atom is 0.509 e. The Hall–Kier alpha value is -1.13. The van der Waals surface area contributed by atoms with Crippen molar-refractivity contribution >= 4 is 12.4 Å². The van der Waals surface area contributed by atoms with Crippen molar-refractivity contribution in [3.63, 3.8) is 0 Å². The van der Waals surface area contributed by atoms with Crippen LogP contribution in [0.25, 0.3) is 0 Å². The fourth-order valence-electron chi connectivity index (χ4n) is 0.830. The van der Waals surface area contributed by atoms with E-state index in [-0.39, 0.29) is 5.75 Å². The summed E-state index contributed by atoms with van der Waals surface area (Å²) < 4.78 is 36.2. The molecule has 0 amide bonds. The van der Waals surface area contributed by atoms with E-state index in [0.717, 1.165) is 12.1 Å². The lowest BCUT2D eigenvalue weighted by atomic mass is 9.80. The second kappa shape index (κ2) is 2.73. The first-order valence-corrected chi connectivity index (χ1v) is 3.40. The van der Waals surface area contributed by atoms with Gasteiger partial charge in [-0.2, -0.15) is 0 Å². The number of hydrogen-bond acceptors (Lipinski definition) is 1. The van der Waals surface area contributed by atoms with Crippen LogP contribution < -0.4 is 5.46 Å². The Kier molecular flexibility index (Phi) is 2.04. The van der Waals surface area contributed by atoms with Gasteiger partial charge >= 0.3 is 6.98 Å². The van der Waals surface area contributed by atoms with Gasteiger partial charge in [0.25, 0.3) is 0 Å². The van der Waals surface area contributed by atoms with Crippen molar-refractivity contribution in [1.82, 2.24) is 0 Å². The molecule has 0 radical (unpaired) electrons. The highest BCUT2D eigenvalue weighted by atomic mass is 19.4. The van der Waals surface area contributed by atoms with E-state index in [2.05, 4.69) is 0 Å². The molecule has 1 rings (SSSR count). The molecule has 66 valence electrons. The Balaban J connectivity index is 3.14. The van der Waals surface area contributed by atoms with Gasteiger partial charge < -0.3 is 18.1 Å². The van der Waals surface area contributed by atoms with Gasteiger partial charge in [-0.1, -0.05) is 12.1 Å². The molecule has 0 aliphatic rings. The Labute approximate surface area is 67.9 Å². The standard InChI is InChI=1S/C7H7BF3O/c1-5-2-3-6(4-7(5)12)8(9,10)11/h2-4,12H,1H3/q-1. The largest absolute Gasteiger partial charge is 0.509 e. The van der Waals surface area contributed by atoms with Crippen LogP contribution in [-0.2, 0) is 0 Å². The predicted octanol–water partition coefficient (Wildman–Crippen LogP) is 1.76. The minimum atomic E-state index is -5.00. The summed E-state index contributed by atoms with van der Waals surface area (Å²) in [6, 6.07) is 2.96. The zero-order chi connectivity index (χ0) is 9.35. The van der Waals surface area contributed by atoms with Crippen molar-refractivity contribution in [1.29, 1.82) is 0 Å². The van der Waals surface area contributed by atoms with E-state index >= 15 is 0 Å². The van der Waals surface area contributed by atoms with Crippen molar-refractivity contribution in [2.24, 2.45) is 0 Å². The van der Waals surface area contributed by atoms with Crippen LogP contribution in [0.2, 0.25) is 0 Å². The van der Waals surface area contributed by atoms with E-state index in [1.165, 1.54) is 6.07 Å². The van der Waals surface area contributed by atoms with Crippen LogP contribution in [0, 0.1) is 6.92 Å². The Morgan fingerprint density at radius 1 is 1.25 bits per heavy atom. The SMILES string of the molecule is Cc1ccc([B-](F)(F)F)cc1O. The molecule has 1 aromatic rings. The number of halogens is 3. The van der Waals surface area contributed by atoms with Gasteiger partial charge in [-0.25, -0.2) is 0 Å². The van der Waals surface area contributed by atoms with Crippen molar-refractivity contribution in [3.8, 4) is 5.75 Å². The molecule has 5 heteroatoms. The molecule has 0 heterocycles. The summed E-state index contributed by atoms with van der Waals surface area (Å²) >= 11 is 0. The first-order valence-electron chi connectivity index (χ1n) is 3.40. The third-order valence-electron chi connectivity index (χ3n) is 1.61. The fraction of sp³-hybridized carbons (Fsp3) is 0.143. The van der Waals surface area contributed by atoms with E-state index in [0.29, 0.717) is 5.56 Å².